The van der Waals surface area contributed by atoms with E-state index in [9.17, 15) is 9.59 Å². The van der Waals surface area contributed by atoms with Crippen molar-refractivity contribution >= 4 is 40.7 Å². The molecule has 1 fully saturated rings. The molecule has 1 saturated carbocycles. The number of halogens is 2. The van der Waals surface area contributed by atoms with Crippen molar-refractivity contribution in [3.63, 3.8) is 0 Å². The molecule has 1 aliphatic rings. The lowest BCUT2D eigenvalue weighted by Crippen LogP contribution is -2.35. The molecule has 0 spiro atoms. The Balaban J connectivity index is 1.85. The van der Waals surface area contributed by atoms with Gasteiger partial charge < -0.3 is 10.6 Å². The SMILES string of the molecule is CCCNC(=O)C1CCC(C(=O)Nc2cc(Cl)cc(Cl)c2)CC1. The molecule has 0 aliphatic heterocycles. The van der Waals surface area contributed by atoms with E-state index in [1.165, 1.54) is 0 Å². The zero-order valence-electron chi connectivity index (χ0n) is 13.2. The van der Waals surface area contributed by atoms with Gasteiger partial charge in [0.05, 0.1) is 0 Å². The molecule has 2 N–H and O–H groups in total. The van der Waals surface area contributed by atoms with Gasteiger partial charge in [-0.2, -0.15) is 0 Å². The summed E-state index contributed by atoms with van der Waals surface area (Å²) < 4.78 is 0. The second-order valence-electron chi connectivity index (χ2n) is 5.99. The first-order valence-corrected chi connectivity index (χ1v) is 8.80. The second kappa shape index (κ2) is 8.55. The van der Waals surface area contributed by atoms with Gasteiger partial charge in [-0.25, -0.2) is 0 Å². The normalized spacial score (nSPS) is 20.8. The number of hydrogen-bond acceptors (Lipinski definition) is 2. The molecular formula is C17H22Cl2N2O2. The minimum atomic E-state index is -0.0667. The van der Waals surface area contributed by atoms with Gasteiger partial charge in [0.25, 0.3) is 0 Å². The summed E-state index contributed by atoms with van der Waals surface area (Å²) >= 11 is 11.9. The van der Waals surface area contributed by atoms with Crippen molar-refractivity contribution in [2.24, 2.45) is 11.8 Å². The van der Waals surface area contributed by atoms with Crippen molar-refractivity contribution < 1.29 is 9.59 Å². The van der Waals surface area contributed by atoms with Crippen molar-refractivity contribution in [2.75, 3.05) is 11.9 Å². The number of nitrogens with one attached hydrogen (secondary N) is 2. The molecule has 4 nitrogen and oxygen atoms in total. The molecule has 2 amide bonds. The second-order valence-corrected chi connectivity index (χ2v) is 6.86. The van der Waals surface area contributed by atoms with Gasteiger partial charge >= 0.3 is 0 Å². The van der Waals surface area contributed by atoms with Crippen molar-refractivity contribution in [3.05, 3.63) is 28.2 Å². The molecule has 126 valence electrons. The van der Waals surface area contributed by atoms with E-state index in [0.29, 0.717) is 15.7 Å². The summed E-state index contributed by atoms with van der Waals surface area (Å²) in [5.74, 6) is 0.0530. The smallest absolute Gasteiger partial charge is 0.227 e. The first-order valence-electron chi connectivity index (χ1n) is 8.04. The molecule has 2 rings (SSSR count). The minimum absolute atomic E-state index is 0.0317. The molecule has 23 heavy (non-hydrogen) atoms. The monoisotopic (exact) mass is 356 g/mol. The van der Waals surface area contributed by atoms with Crippen LogP contribution in [-0.4, -0.2) is 18.4 Å². The van der Waals surface area contributed by atoms with E-state index in [-0.39, 0.29) is 23.7 Å². The lowest BCUT2D eigenvalue weighted by molar-refractivity contribution is -0.128. The van der Waals surface area contributed by atoms with Crippen LogP contribution in [0.3, 0.4) is 0 Å². The standard InChI is InChI=1S/C17H22Cl2N2O2/c1-2-7-20-16(22)11-3-5-12(6-4-11)17(23)21-15-9-13(18)8-14(19)10-15/h8-12H,2-7H2,1H3,(H,20,22)(H,21,23). The van der Waals surface area contributed by atoms with Crippen LogP contribution in [0.15, 0.2) is 18.2 Å². The van der Waals surface area contributed by atoms with E-state index in [1.807, 2.05) is 6.92 Å². The summed E-state index contributed by atoms with van der Waals surface area (Å²) in [6.07, 6.45) is 3.90. The van der Waals surface area contributed by atoms with Crippen LogP contribution in [0.5, 0.6) is 0 Å². The first-order chi connectivity index (χ1) is 11.0. The van der Waals surface area contributed by atoms with Crippen LogP contribution < -0.4 is 10.6 Å². The molecule has 0 unspecified atom stereocenters. The molecule has 0 aromatic heterocycles. The summed E-state index contributed by atoms with van der Waals surface area (Å²) in [4.78, 5) is 24.3. The largest absolute Gasteiger partial charge is 0.356 e. The Hall–Kier alpha value is -1.26. The number of carbonyl (C=O) groups is 2. The van der Waals surface area contributed by atoms with E-state index in [1.54, 1.807) is 18.2 Å². The van der Waals surface area contributed by atoms with E-state index in [2.05, 4.69) is 10.6 Å². The van der Waals surface area contributed by atoms with Crippen molar-refractivity contribution in [2.45, 2.75) is 39.0 Å². The van der Waals surface area contributed by atoms with Crippen LogP contribution >= 0.6 is 23.2 Å². The summed E-state index contributed by atoms with van der Waals surface area (Å²) in [6, 6.07) is 4.98. The molecule has 6 heteroatoms. The van der Waals surface area contributed by atoms with Crippen LogP contribution in [0.25, 0.3) is 0 Å². The number of anilines is 1. The van der Waals surface area contributed by atoms with Crippen molar-refractivity contribution in [1.82, 2.24) is 5.32 Å². The van der Waals surface area contributed by atoms with Gasteiger partial charge in [0, 0.05) is 34.1 Å². The molecule has 1 aliphatic carbocycles. The van der Waals surface area contributed by atoms with Crippen LogP contribution in [0.4, 0.5) is 5.69 Å². The average Bonchev–Trinajstić information content (AvgIpc) is 2.51. The third-order valence-corrected chi connectivity index (χ3v) is 4.58. The molecule has 0 heterocycles. The highest BCUT2D eigenvalue weighted by atomic mass is 35.5. The quantitative estimate of drug-likeness (QED) is 0.827. The summed E-state index contributed by atoms with van der Waals surface area (Å²) in [5, 5.41) is 6.77. The lowest BCUT2D eigenvalue weighted by Gasteiger charge is -2.27. The summed E-state index contributed by atoms with van der Waals surface area (Å²) in [6.45, 7) is 2.75. The summed E-state index contributed by atoms with van der Waals surface area (Å²) in [5.41, 5.74) is 0.607. The molecule has 0 atom stereocenters. The Labute approximate surface area is 146 Å². The number of benzene rings is 1. The van der Waals surface area contributed by atoms with Crippen molar-refractivity contribution in [1.29, 1.82) is 0 Å². The molecule has 0 radical (unpaired) electrons. The van der Waals surface area contributed by atoms with Gasteiger partial charge in [-0.15, -0.1) is 0 Å². The number of carbonyl (C=O) groups excluding carboxylic acids is 2. The van der Waals surface area contributed by atoms with Gasteiger partial charge in [0.1, 0.15) is 0 Å². The van der Waals surface area contributed by atoms with E-state index >= 15 is 0 Å². The molecular weight excluding hydrogens is 335 g/mol. The third-order valence-electron chi connectivity index (χ3n) is 4.15. The average molecular weight is 357 g/mol. The van der Waals surface area contributed by atoms with E-state index < -0.39 is 0 Å². The van der Waals surface area contributed by atoms with E-state index in [0.717, 1.165) is 38.6 Å². The summed E-state index contributed by atoms with van der Waals surface area (Å²) in [7, 11) is 0. The Kier molecular flexibility index (Phi) is 6.72. The fourth-order valence-corrected chi connectivity index (χ4v) is 3.41. The highest BCUT2D eigenvalue weighted by Crippen LogP contribution is 2.30. The zero-order chi connectivity index (χ0) is 16.8. The maximum atomic E-state index is 12.3. The topological polar surface area (TPSA) is 58.2 Å². The van der Waals surface area contributed by atoms with Gasteiger partial charge in [0.15, 0.2) is 0 Å². The lowest BCUT2D eigenvalue weighted by atomic mass is 9.81. The predicted molar refractivity (Wildman–Crippen MR) is 93.8 cm³/mol. The van der Waals surface area contributed by atoms with E-state index in [4.69, 9.17) is 23.2 Å². The third kappa shape index (κ3) is 5.40. The maximum Gasteiger partial charge on any atom is 0.227 e. The number of rotatable bonds is 5. The molecule has 1 aromatic rings. The van der Waals surface area contributed by atoms with Gasteiger partial charge in [-0.1, -0.05) is 30.1 Å². The molecule has 1 aromatic carbocycles. The van der Waals surface area contributed by atoms with Crippen molar-refractivity contribution in [3.8, 4) is 0 Å². The van der Waals surface area contributed by atoms with Gasteiger partial charge in [-0.3, -0.25) is 9.59 Å². The number of amides is 2. The maximum absolute atomic E-state index is 12.3. The van der Waals surface area contributed by atoms with Crippen LogP contribution in [0.2, 0.25) is 10.0 Å². The Morgan fingerprint density at radius 2 is 1.52 bits per heavy atom. The molecule has 0 bridgehead atoms. The minimum Gasteiger partial charge on any atom is -0.356 e. The number of hydrogen-bond donors (Lipinski definition) is 2. The zero-order valence-corrected chi connectivity index (χ0v) is 14.7. The Morgan fingerprint density at radius 1 is 1.00 bits per heavy atom. The van der Waals surface area contributed by atoms with Crippen LogP contribution in [0, 0.1) is 11.8 Å². The van der Waals surface area contributed by atoms with Gasteiger partial charge in [-0.05, 0) is 50.3 Å². The Bertz CT molecular complexity index is 549. The molecule has 0 saturated heterocycles. The van der Waals surface area contributed by atoms with Crippen LogP contribution in [0.1, 0.15) is 39.0 Å². The first kappa shape index (κ1) is 18.1. The highest BCUT2D eigenvalue weighted by molar-refractivity contribution is 6.35. The fraction of sp³-hybridized carbons (Fsp3) is 0.529. The van der Waals surface area contributed by atoms with Gasteiger partial charge in [0.2, 0.25) is 11.8 Å². The Morgan fingerprint density at radius 3 is 2.04 bits per heavy atom. The van der Waals surface area contributed by atoms with Crippen LogP contribution in [-0.2, 0) is 9.59 Å². The predicted octanol–water partition coefficient (Wildman–Crippen LogP) is 4.26. The fourth-order valence-electron chi connectivity index (χ4n) is 2.88. The highest BCUT2D eigenvalue weighted by Gasteiger charge is 2.29.